The second kappa shape index (κ2) is 8.60. The van der Waals surface area contributed by atoms with Crippen LogP contribution in [0.5, 0.6) is 5.75 Å². The summed E-state index contributed by atoms with van der Waals surface area (Å²) in [5, 5.41) is 10.6. The molecule has 1 amide bonds. The number of fused-ring (bicyclic) bond motifs is 1. The van der Waals surface area contributed by atoms with Gasteiger partial charge in [0.2, 0.25) is 0 Å². The number of benzene rings is 3. The lowest BCUT2D eigenvalue weighted by molar-refractivity contribution is 0.0303. The maximum Gasteiger partial charge on any atom is 0.254 e. The lowest BCUT2D eigenvalue weighted by Crippen LogP contribution is -2.40. The average Bonchev–Trinajstić information content (AvgIpc) is 3.27. The minimum Gasteiger partial charge on any atom is -0.507 e. The lowest BCUT2D eigenvalue weighted by atomic mass is 10.0. The summed E-state index contributed by atoms with van der Waals surface area (Å²) in [6.45, 7) is 2.33. The minimum atomic E-state index is -0.0117. The average molecular weight is 443 g/mol. The normalized spacial score (nSPS) is 13.9. The van der Waals surface area contributed by atoms with E-state index < -0.39 is 0 Å². The van der Waals surface area contributed by atoms with Crippen molar-refractivity contribution in [1.29, 1.82) is 0 Å². The predicted octanol–water partition coefficient (Wildman–Crippen LogP) is 4.14. The molecule has 1 fully saturated rings. The van der Waals surface area contributed by atoms with Gasteiger partial charge in [0.1, 0.15) is 11.6 Å². The van der Waals surface area contributed by atoms with Crippen LogP contribution >= 0.6 is 0 Å². The highest BCUT2D eigenvalue weighted by Crippen LogP contribution is 2.34. The molecular weight excluding hydrogens is 416 g/mol. The molecule has 168 valence electrons. The standard InChI is InChI=1S/C26H26N4O3/c1-29(2)20-7-3-17(4-8-20)18-6-10-24(31)21(15-18)25-27-22-9-5-19(16-23(22)28-25)26(32)30-11-13-33-14-12-30/h3-10,15-16,31H,11-14H2,1-2H3,(H,27,28). The first-order valence-electron chi connectivity index (χ1n) is 11.0. The number of aromatic hydroxyl groups is 1. The summed E-state index contributed by atoms with van der Waals surface area (Å²) in [6, 6.07) is 19.2. The van der Waals surface area contributed by atoms with Gasteiger partial charge in [-0.15, -0.1) is 0 Å². The van der Waals surface area contributed by atoms with Crippen molar-refractivity contribution in [2.24, 2.45) is 0 Å². The number of aromatic amines is 1. The number of ether oxygens (including phenoxy) is 1. The van der Waals surface area contributed by atoms with Crippen LogP contribution in [-0.4, -0.2) is 66.3 Å². The first-order chi connectivity index (χ1) is 16.0. The highest BCUT2D eigenvalue weighted by molar-refractivity contribution is 5.98. The number of phenolic OH excluding ortho intramolecular Hbond substituents is 1. The molecule has 0 saturated carbocycles. The summed E-state index contributed by atoms with van der Waals surface area (Å²) in [6.07, 6.45) is 0. The molecule has 33 heavy (non-hydrogen) atoms. The third-order valence-corrected chi connectivity index (χ3v) is 6.00. The molecular formula is C26H26N4O3. The number of hydrogen-bond donors (Lipinski definition) is 2. The molecule has 7 nitrogen and oxygen atoms in total. The van der Waals surface area contributed by atoms with E-state index in [1.54, 1.807) is 17.0 Å². The van der Waals surface area contributed by atoms with Crippen LogP contribution in [0.25, 0.3) is 33.5 Å². The fourth-order valence-electron chi connectivity index (χ4n) is 4.08. The van der Waals surface area contributed by atoms with Crippen LogP contribution in [0.15, 0.2) is 60.7 Å². The maximum atomic E-state index is 12.8. The van der Waals surface area contributed by atoms with Crippen LogP contribution in [-0.2, 0) is 4.74 Å². The van der Waals surface area contributed by atoms with Crippen molar-refractivity contribution in [3.05, 3.63) is 66.2 Å². The highest BCUT2D eigenvalue weighted by Gasteiger charge is 2.19. The molecule has 1 aromatic heterocycles. The van der Waals surface area contributed by atoms with Gasteiger partial charge >= 0.3 is 0 Å². The van der Waals surface area contributed by atoms with Crippen molar-refractivity contribution >= 4 is 22.6 Å². The number of imidazole rings is 1. The third-order valence-electron chi connectivity index (χ3n) is 6.00. The fourth-order valence-corrected chi connectivity index (χ4v) is 4.08. The summed E-state index contributed by atoms with van der Waals surface area (Å²) in [7, 11) is 4.02. The molecule has 5 rings (SSSR count). The van der Waals surface area contributed by atoms with Crippen molar-refractivity contribution < 1.29 is 14.6 Å². The number of carbonyl (C=O) groups excluding carboxylic acids is 1. The number of anilines is 1. The van der Waals surface area contributed by atoms with E-state index in [1.807, 2.05) is 38.4 Å². The molecule has 0 unspecified atom stereocenters. The van der Waals surface area contributed by atoms with Crippen LogP contribution in [0.1, 0.15) is 10.4 Å². The monoisotopic (exact) mass is 442 g/mol. The Balaban J connectivity index is 1.47. The van der Waals surface area contributed by atoms with E-state index in [2.05, 4.69) is 39.1 Å². The molecule has 0 bridgehead atoms. The zero-order valence-electron chi connectivity index (χ0n) is 18.7. The van der Waals surface area contributed by atoms with Gasteiger partial charge in [-0.1, -0.05) is 18.2 Å². The first-order valence-corrected chi connectivity index (χ1v) is 11.0. The molecule has 1 aliphatic heterocycles. The van der Waals surface area contributed by atoms with E-state index in [9.17, 15) is 9.90 Å². The molecule has 0 aliphatic carbocycles. The van der Waals surface area contributed by atoms with E-state index in [0.717, 1.165) is 27.8 Å². The van der Waals surface area contributed by atoms with Gasteiger partial charge in [-0.2, -0.15) is 0 Å². The van der Waals surface area contributed by atoms with Gasteiger partial charge in [-0.25, -0.2) is 4.98 Å². The Hall–Kier alpha value is -3.84. The maximum absolute atomic E-state index is 12.8. The third kappa shape index (κ3) is 4.15. The number of carbonyl (C=O) groups is 1. The SMILES string of the molecule is CN(C)c1ccc(-c2ccc(O)c(-c3nc4ccc(C(=O)N5CCOCC5)cc4[nH]3)c2)cc1. The number of hydrogen-bond acceptors (Lipinski definition) is 5. The van der Waals surface area contributed by atoms with Crippen LogP contribution in [0.2, 0.25) is 0 Å². The molecule has 4 aromatic rings. The molecule has 0 radical (unpaired) electrons. The fraction of sp³-hybridized carbons (Fsp3) is 0.231. The van der Waals surface area contributed by atoms with Crippen molar-refractivity contribution in [3.63, 3.8) is 0 Å². The van der Waals surface area contributed by atoms with Gasteiger partial charge in [-0.05, 0) is 53.6 Å². The molecule has 2 heterocycles. The first kappa shape index (κ1) is 21.0. The topological polar surface area (TPSA) is 81.7 Å². The van der Waals surface area contributed by atoms with Crippen molar-refractivity contribution in [3.8, 4) is 28.3 Å². The number of phenols is 1. The van der Waals surface area contributed by atoms with Crippen molar-refractivity contribution in [1.82, 2.24) is 14.9 Å². The predicted molar refractivity (Wildman–Crippen MR) is 130 cm³/mol. The molecule has 7 heteroatoms. The molecule has 2 N–H and O–H groups in total. The van der Waals surface area contributed by atoms with Gasteiger partial charge in [0, 0.05) is 38.4 Å². The quantitative estimate of drug-likeness (QED) is 0.496. The Morgan fingerprint density at radius 3 is 2.45 bits per heavy atom. The number of nitrogens with zero attached hydrogens (tertiary/aromatic N) is 3. The molecule has 1 aliphatic rings. The zero-order valence-corrected chi connectivity index (χ0v) is 18.7. The van der Waals surface area contributed by atoms with Crippen LogP contribution in [0, 0.1) is 0 Å². The van der Waals surface area contributed by atoms with Gasteiger partial charge in [0.15, 0.2) is 0 Å². The Labute approximate surface area is 192 Å². The highest BCUT2D eigenvalue weighted by atomic mass is 16.5. The number of H-pyrrole nitrogens is 1. The van der Waals surface area contributed by atoms with E-state index in [-0.39, 0.29) is 11.7 Å². The van der Waals surface area contributed by atoms with Crippen molar-refractivity contribution in [2.75, 3.05) is 45.3 Å². The van der Waals surface area contributed by atoms with Gasteiger partial charge < -0.3 is 24.6 Å². The van der Waals surface area contributed by atoms with Gasteiger partial charge in [-0.3, -0.25) is 4.79 Å². The number of aromatic nitrogens is 2. The second-order valence-electron chi connectivity index (χ2n) is 8.40. The molecule has 0 spiro atoms. The second-order valence-corrected chi connectivity index (χ2v) is 8.40. The van der Waals surface area contributed by atoms with Crippen molar-refractivity contribution in [2.45, 2.75) is 0 Å². The van der Waals surface area contributed by atoms with E-state index >= 15 is 0 Å². The number of amides is 1. The smallest absolute Gasteiger partial charge is 0.254 e. The van der Waals surface area contributed by atoms with Gasteiger partial charge in [0.25, 0.3) is 5.91 Å². The number of rotatable bonds is 4. The zero-order chi connectivity index (χ0) is 22.9. The Morgan fingerprint density at radius 2 is 1.73 bits per heavy atom. The van der Waals surface area contributed by atoms with E-state index in [1.165, 1.54) is 0 Å². The largest absolute Gasteiger partial charge is 0.507 e. The summed E-state index contributed by atoms with van der Waals surface area (Å²) >= 11 is 0. The van der Waals surface area contributed by atoms with E-state index in [4.69, 9.17) is 4.74 Å². The summed E-state index contributed by atoms with van der Waals surface area (Å²) in [4.78, 5) is 24.6. The molecule has 0 atom stereocenters. The molecule has 3 aromatic carbocycles. The Kier molecular flexibility index (Phi) is 5.48. The van der Waals surface area contributed by atoms with Gasteiger partial charge in [0.05, 0.1) is 29.8 Å². The Bertz CT molecular complexity index is 1310. The van der Waals surface area contributed by atoms with Crippen LogP contribution in [0.3, 0.4) is 0 Å². The Morgan fingerprint density at radius 1 is 1.00 bits per heavy atom. The van der Waals surface area contributed by atoms with Crippen LogP contribution < -0.4 is 4.90 Å². The number of morpholine rings is 1. The number of nitrogens with one attached hydrogen (secondary N) is 1. The summed E-state index contributed by atoms with van der Waals surface area (Å²) < 4.78 is 5.34. The minimum absolute atomic E-state index is 0.0117. The van der Waals surface area contributed by atoms with Crippen LogP contribution in [0.4, 0.5) is 5.69 Å². The summed E-state index contributed by atoms with van der Waals surface area (Å²) in [5.74, 6) is 0.694. The van der Waals surface area contributed by atoms with E-state index in [0.29, 0.717) is 43.3 Å². The molecule has 1 saturated heterocycles. The lowest BCUT2D eigenvalue weighted by Gasteiger charge is -2.26. The summed E-state index contributed by atoms with van der Waals surface area (Å²) in [5.41, 5.74) is 5.87.